The maximum atomic E-state index is 4.31. The van der Waals surface area contributed by atoms with E-state index in [1.54, 1.807) is 11.3 Å². The highest BCUT2D eigenvalue weighted by Crippen LogP contribution is 2.26. The second kappa shape index (κ2) is 5.31. The van der Waals surface area contributed by atoms with Crippen LogP contribution in [0.25, 0.3) is 0 Å². The van der Waals surface area contributed by atoms with Gasteiger partial charge in [-0.15, -0.1) is 10.2 Å². The minimum Gasteiger partial charge on any atom is -0.344 e. The average molecular weight is 254 g/mol. The summed E-state index contributed by atoms with van der Waals surface area (Å²) in [6.45, 7) is 13.3. The molecule has 5 heteroatoms. The van der Waals surface area contributed by atoms with Crippen molar-refractivity contribution in [1.82, 2.24) is 15.1 Å². The Morgan fingerprint density at radius 1 is 1.00 bits per heavy atom. The third-order valence-electron chi connectivity index (χ3n) is 3.24. The van der Waals surface area contributed by atoms with E-state index in [0.717, 1.165) is 36.3 Å². The summed E-state index contributed by atoms with van der Waals surface area (Å²) in [5, 5.41) is 10.8. The lowest BCUT2D eigenvalue weighted by molar-refractivity contribution is 0.209. The fraction of sp³-hybridized carbons (Fsp3) is 0.833. The lowest BCUT2D eigenvalue weighted by Crippen LogP contribution is -2.48. The maximum Gasteiger partial charge on any atom is 0.208 e. The summed E-state index contributed by atoms with van der Waals surface area (Å²) in [4.78, 5) is 4.88. The van der Waals surface area contributed by atoms with Crippen molar-refractivity contribution in [3.8, 4) is 0 Å². The van der Waals surface area contributed by atoms with Gasteiger partial charge in [0.1, 0.15) is 5.01 Å². The molecule has 0 radical (unpaired) electrons. The molecule has 1 fully saturated rings. The van der Waals surface area contributed by atoms with Crippen LogP contribution in [0.2, 0.25) is 0 Å². The van der Waals surface area contributed by atoms with Gasteiger partial charge in [0.2, 0.25) is 5.13 Å². The molecule has 0 saturated carbocycles. The van der Waals surface area contributed by atoms with E-state index in [1.807, 2.05) is 0 Å². The van der Waals surface area contributed by atoms with Crippen LogP contribution in [-0.2, 0) is 0 Å². The van der Waals surface area contributed by atoms with Crippen molar-refractivity contribution in [1.29, 1.82) is 0 Å². The molecule has 0 amide bonds. The minimum atomic E-state index is 0.484. The third kappa shape index (κ3) is 2.96. The van der Waals surface area contributed by atoms with E-state index in [-0.39, 0.29) is 0 Å². The molecule has 0 unspecified atom stereocenters. The lowest BCUT2D eigenvalue weighted by atomic mass is 10.2. The lowest BCUT2D eigenvalue weighted by Gasteiger charge is -2.36. The zero-order valence-electron chi connectivity index (χ0n) is 11.2. The number of piperazine rings is 1. The van der Waals surface area contributed by atoms with Crippen molar-refractivity contribution in [2.45, 2.75) is 39.7 Å². The van der Waals surface area contributed by atoms with Crippen LogP contribution < -0.4 is 4.90 Å². The number of aromatic nitrogens is 2. The van der Waals surface area contributed by atoms with Gasteiger partial charge in [-0.2, -0.15) is 0 Å². The van der Waals surface area contributed by atoms with Gasteiger partial charge in [-0.1, -0.05) is 25.2 Å². The largest absolute Gasteiger partial charge is 0.344 e. The molecule has 4 nitrogen and oxygen atoms in total. The predicted octanol–water partition coefficient (Wildman–Crippen LogP) is 2.19. The summed E-state index contributed by atoms with van der Waals surface area (Å²) in [6, 6.07) is 0.651. The van der Waals surface area contributed by atoms with Gasteiger partial charge in [-0.3, -0.25) is 4.90 Å². The number of nitrogens with zero attached hydrogens (tertiary/aromatic N) is 4. The molecule has 0 spiro atoms. The van der Waals surface area contributed by atoms with Crippen molar-refractivity contribution in [2.24, 2.45) is 0 Å². The Morgan fingerprint density at radius 3 is 2.12 bits per heavy atom. The quantitative estimate of drug-likeness (QED) is 0.827. The first-order valence-electron chi connectivity index (χ1n) is 6.40. The van der Waals surface area contributed by atoms with Gasteiger partial charge in [-0.05, 0) is 13.8 Å². The molecule has 0 aliphatic carbocycles. The van der Waals surface area contributed by atoms with E-state index >= 15 is 0 Å². The van der Waals surface area contributed by atoms with Crippen molar-refractivity contribution in [3.05, 3.63) is 5.01 Å². The van der Waals surface area contributed by atoms with Crippen LogP contribution >= 0.6 is 11.3 Å². The minimum absolute atomic E-state index is 0.484. The van der Waals surface area contributed by atoms with E-state index < -0.39 is 0 Å². The summed E-state index contributed by atoms with van der Waals surface area (Å²) in [6.07, 6.45) is 0. The number of rotatable bonds is 3. The maximum absolute atomic E-state index is 4.31. The molecule has 0 atom stereocenters. The first-order chi connectivity index (χ1) is 8.08. The normalized spacial score (nSPS) is 18.4. The summed E-state index contributed by atoms with van der Waals surface area (Å²) in [5.41, 5.74) is 0. The molecule has 1 aliphatic rings. The highest BCUT2D eigenvalue weighted by Gasteiger charge is 2.21. The predicted molar refractivity (Wildman–Crippen MR) is 72.9 cm³/mol. The topological polar surface area (TPSA) is 32.3 Å². The standard InChI is InChI=1S/C12H22N4S/c1-9(2)11-13-14-12(17-11)16-7-5-15(6-8-16)10(3)4/h9-10H,5-8H2,1-4H3. The molecule has 1 aliphatic heterocycles. The first-order valence-corrected chi connectivity index (χ1v) is 7.22. The Balaban J connectivity index is 1.96. The number of anilines is 1. The van der Waals surface area contributed by atoms with Gasteiger partial charge in [0.25, 0.3) is 0 Å². The van der Waals surface area contributed by atoms with Crippen LogP contribution in [0.15, 0.2) is 0 Å². The summed E-state index contributed by atoms with van der Waals surface area (Å²) in [7, 11) is 0. The molecular weight excluding hydrogens is 232 g/mol. The number of hydrogen-bond acceptors (Lipinski definition) is 5. The van der Waals surface area contributed by atoms with Crippen molar-refractivity contribution in [3.63, 3.8) is 0 Å². The molecule has 0 N–H and O–H groups in total. The Labute approximate surface area is 108 Å². The zero-order chi connectivity index (χ0) is 12.4. The molecule has 1 aromatic heterocycles. The summed E-state index contributed by atoms with van der Waals surface area (Å²) in [5.74, 6) is 0.484. The Kier molecular flexibility index (Phi) is 3.99. The van der Waals surface area contributed by atoms with Gasteiger partial charge >= 0.3 is 0 Å². The van der Waals surface area contributed by atoms with E-state index in [4.69, 9.17) is 0 Å². The van der Waals surface area contributed by atoms with Gasteiger partial charge < -0.3 is 4.90 Å². The van der Waals surface area contributed by atoms with E-state index in [0.29, 0.717) is 12.0 Å². The molecular formula is C12H22N4S. The highest BCUT2D eigenvalue weighted by molar-refractivity contribution is 7.15. The van der Waals surface area contributed by atoms with Gasteiger partial charge in [0.15, 0.2) is 0 Å². The average Bonchev–Trinajstić information content (AvgIpc) is 2.78. The van der Waals surface area contributed by atoms with E-state index in [9.17, 15) is 0 Å². The van der Waals surface area contributed by atoms with Crippen LogP contribution in [0.3, 0.4) is 0 Å². The van der Waals surface area contributed by atoms with Crippen LogP contribution in [0.1, 0.15) is 38.6 Å². The monoisotopic (exact) mass is 254 g/mol. The van der Waals surface area contributed by atoms with Crippen molar-refractivity contribution < 1.29 is 0 Å². The molecule has 2 rings (SSSR count). The van der Waals surface area contributed by atoms with E-state index in [1.165, 1.54) is 0 Å². The van der Waals surface area contributed by atoms with Crippen LogP contribution in [0, 0.1) is 0 Å². The molecule has 0 bridgehead atoms. The second-order valence-corrected chi connectivity index (χ2v) is 6.18. The van der Waals surface area contributed by atoms with Gasteiger partial charge in [-0.25, -0.2) is 0 Å². The Morgan fingerprint density at radius 2 is 1.65 bits per heavy atom. The Hall–Kier alpha value is -0.680. The first kappa shape index (κ1) is 12.8. The molecule has 96 valence electrons. The molecule has 1 aromatic rings. The van der Waals surface area contributed by atoms with Crippen molar-refractivity contribution >= 4 is 16.5 Å². The fourth-order valence-electron chi connectivity index (χ4n) is 2.02. The molecule has 2 heterocycles. The number of hydrogen-bond donors (Lipinski definition) is 0. The summed E-state index contributed by atoms with van der Waals surface area (Å²) >= 11 is 1.74. The second-order valence-electron chi connectivity index (χ2n) is 5.19. The third-order valence-corrected chi connectivity index (χ3v) is 4.52. The van der Waals surface area contributed by atoms with Crippen molar-refractivity contribution in [2.75, 3.05) is 31.1 Å². The summed E-state index contributed by atoms with van der Waals surface area (Å²) < 4.78 is 0. The Bertz CT molecular complexity index is 353. The molecule has 17 heavy (non-hydrogen) atoms. The van der Waals surface area contributed by atoms with Crippen LogP contribution in [0.4, 0.5) is 5.13 Å². The van der Waals surface area contributed by atoms with Crippen LogP contribution in [0.5, 0.6) is 0 Å². The fourth-order valence-corrected chi connectivity index (χ4v) is 2.91. The van der Waals surface area contributed by atoms with E-state index in [2.05, 4.69) is 47.7 Å². The molecule has 0 aromatic carbocycles. The molecule has 1 saturated heterocycles. The van der Waals surface area contributed by atoms with Gasteiger partial charge in [0.05, 0.1) is 0 Å². The smallest absolute Gasteiger partial charge is 0.208 e. The SMILES string of the molecule is CC(C)c1nnc(N2CCN(C(C)C)CC2)s1. The van der Waals surface area contributed by atoms with Gasteiger partial charge in [0, 0.05) is 38.1 Å². The highest BCUT2D eigenvalue weighted by atomic mass is 32.1. The van der Waals surface area contributed by atoms with Crippen LogP contribution in [-0.4, -0.2) is 47.3 Å². The zero-order valence-corrected chi connectivity index (χ0v) is 12.0.